The van der Waals surface area contributed by atoms with Gasteiger partial charge in [-0.05, 0) is 41.0 Å². The Morgan fingerprint density at radius 1 is 0.556 bits per heavy atom. The molecule has 0 bridgehead atoms. The molecule has 0 N–H and O–H groups in total. The maximum absolute atomic E-state index is 5.87. The van der Waals surface area contributed by atoms with Crippen LogP contribution in [0, 0.1) is 25.2 Å². The van der Waals surface area contributed by atoms with Gasteiger partial charge in [-0.15, -0.1) is 83.9 Å². The summed E-state index contributed by atoms with van der Waals surface area (Å²) in [7, 11) is 3.89. The van der Waals surface area contributed by atoms with E-state index in [1.54, 1.807) is 12.4 Å². The summed E-state index contributed by atoms with van der Waals surface area (Å²) in [6.45, 7) is 0. The summed E-state index contributed by atoms with van der Waals surface area (Å²) >= 11 is 0. The minimum Gasteiger partial charge on any atom is -0.476 e. The minimum atomic E-state index is 0. The summed E-state index contributed by atoms with van der Waals surface area (Å²) in [6.07, 6.45) is 5.50. The van der Waals surface area contributed by atoms with Gasteiger partial charge >= 0.3 is 0 Å². The fourth-order valence-electron chi connectivity index (χ4n) is 4.68. The Labute approximate surface area is 277 Å². The number of aromatic nitrogens is 3. The summed E-state index contributed by atoms with van der Waals surface area (Å²) in [5.41, 5.74) is 7.79. The standard InChI is InChI=1S/C17H10NO.C12H10N.C11H8N.Ir/c1-2-7-16-13(5-1)14-9-8-12(11-17(14)19-16)15-6-3-4-10-18-15;1-13-10-6-5-9-12(13)11-7-3-2-4-8-11;1-2-6-10(7-3-1)11-8-4-5-9-12-11;/h1-7,9-11H;2-7,9-10H,1H2;1-6,8-9H;/q3*-1;. The quantitative estimate of drug-likeness (QED) is 0.134. The second-order valence-corrected chi connectivity index (χ2v) is 9.76. The zero-order chi connectivity index (χ0) is 30.0. The average molecular weight is 759 g/mol. The van der Waals surface area contributed by atoms with Gasteiger partial charge in [0.2, 0.25) is 0 Å². The normalized spacial score (nSPS) is 10.1. The monoisotopic (exact) mass is 759 g/mol. The van der Waals surface area contributed by atoms with Crippen molar-refractivity contribution < 1.29 is 29.1 Å². The maximum atomic E-state index is 5.87. The van der Waals surface area contributed by atoms with Gasteiger partial charge < -0.3 is 19.0 Å². The van der Waals surface area contributed by atoms with E-state index in [-0.39, 0.29) is 20.1 Å². The first-order valence-electron chi connectivity index (χ1n) is 14.2. The van der Waals surface area contributed by atoms with Crippen LogP contribution in [0.5, 0.6) is 0 Å². The molecule has 0 fully saturated rings. The third-order valence-electron chi connectivity index (χ3n) is 6.83. The second kappa shape index (κ2) is 15.4. The van der Waals surface area contributed by atoms with Crippen molar-refractivity contribution in [3.8, 4) is 33.8 Å². The Morgan fingerprint density at radius 3 is 1.82 bits per heavy atom. The predicted molar refractivity (Wildman–Crippen MR) is 176 cm³/mol. The molecule has 4 aromatic heterocycles. The summed E-state index contributed by atoms with van der Waals surface area (Å²) in [6, 6.07) is 55.0. The van der Waals surface area contributed by atoms with E-state index in [2.05, 4.69) is 41.3 Å². The molecule has 8 rings (SSSR count). The number of furan rings is 1. The largest absolute Gasteiger partial charge is 0.476 e. The molecule has 4 nitrogen and oxygen atoms in total. The number of fused-ring (bicyclic) bond motifs is 3. The average Bonchev–Trinajstić information content (AvgIpc) is 3.49. The number of para-hydroxylation sites is 1. The molecule has 0 unspecified atom stereocenters. The molecule has 0 saturated carbocycles. The Morgan fingerprint density at radius 2 is 1.18 bits per heavy atom. The van der Waals surface area contributed by atoms with Crippen molar-refractivity contribution in [3.05, 3.63) is 183 Å². The zero-order valence-corrected chi connectivity index (χ0v) is 26.7. The molecule has 1 radical (unpaired) electrons. The summed E-state index contributed by atoms with van der Waals surface area (Å²) in [5, 5.41) is 2.22. The fraction of sp³-hybridized carbons (Fsp3) is 0. The van der Waals surface area contributed by atoms with Crippen LogP contribution in [0.15, 0.2) is 163 Å². The SMILES string of the molecule is [CH2-][n+]1ccccc1-c1[c-]cccc1.[Ir].[c-]1cc2c(cc1-c1ccccn1)oc1ccccc12.[c-]1ccccc1-c1ccccn1. The van der Waals surface area contributed by atoms with E-state index in [0.29, 0.717) is 0 Å². The Balaban J connectivity index is 0.000000137. The van der Waals surface area contributed by atoms with Crippen LogP contribution in [0.3, 0.4) is 0 Å². The van der Waals surface area contributed by atoms with E-state index < -0.39 is 0 Å². The minimum absolute atomic E-state index is 0. The molecule has 0 spiro atoms. The molecule has 0 aliphatic carbocycles. The molecule has 0 saturated heterocycles. The molecule has 4 heterocycles. The molecule has 221 valence electrons. The molecule has 0 aliphatic rings. The van der Waals surface area contributed by atoms with Gasteiger partial charge in [0, 0.05) is 39.5 Å². The predicted octanol–water partition coefficient (Wildman–Crippen LogP) is 9.08. The van der Waals surface area contributed by atoms with Gasteiger partial charge in [-0.1, -0.05) is 71.6 Å². The fourth-order valence-corrected chi connectivity index (χ4v) is 4.68. The second-order valence-electron chi connectivity index (χ2n) is 9.76. The first-order valence-corrected chi connectivity index (χ1v) is 14.2. The molecule has 4 aromatic carbocycles. The molecule has 0 amide bonds. The van der Waals surface area contributed by atoms with Gasteiger partial charge in [-0.2, -0.15) is 0 Å². The van der Waals surface area contributed by atoms with E-state index in [4.69, 9.17) is 4.42 Å². The van der Waals surface area contributed by atoms with Gasteiger partial charge in [0.1, 0.15) is 11.3 Å². The van der Waals surface area contributed by atoms with E-state index in [1.807, 2.05) is 144 Å². The molecular weight excluding hydrogens is 731 g/mol. The number of hydrogen-bond acceptors (Lipinski definition) is 3. The van der Waals surface area contributed by atoms with Crippen molar-refractivity contribution in [1.82, 2.24) is 9.97 Å². The molecule has 0 atom stereocenters. The molecule has 8 aromatic rings. The number of benzene rings is 4. The van der Waals surface area contributed by atoms with Gasteiger partial charge in [0.25, 0.3) is 0 Å². The van der Waals surface area contributed by atoms with Crippen LogP contribution in [-0.2, 0) is 20.1 Å². The summed E-state index contributed by atoms with van der Waals surface area (Å²) in [4.78, 5) is 8.55. The van der Waals surface area contributed by atoms with Gasteiger partial charge in [-0.25, -0.2) is 0 Å². The molecule has 5 heteroatoms. The summed E-state index contributed by atoms with van der Waals surface area (Å²) < 4.78 is 7.71. The number of rotatable bonds is 3. The number of nitrogens with zero attached hydrogens (tertiary/aromatic N) is 3. The Bertz CT molecular complexity index is 2030. The van der Waals surface area contributed by atoms with Crippen LogP contribution >= 0.6 is 0 Å². The third kappa shape index (κ3) is 7.79. The van der Waals surface area contributed by atoms with Crippen LogP contribution in [0.1, 0.15) is 0 Å². The van der Waals surface area contributed by atoms with Crippen LogP contribution in [0.25, 0.3) is 55.7 Å². The van der Waals surface area contributed by atoms with E-state index in [0.717, 1.165) is 55.7 Å². The number of hydrogen-bond donors (Lipinski definition) is 0. The van der Waals surface area contributed by atoms with Crippen molar-refractivity contribution >= 4 is 21.9 Å². The number of pyridine rings is 3. The molecule has 45 heavy (non-hydrogen) atoms. The van der Waals surface area contributed by atoms with Crippen molar-refractivity contribution in [1.29, 1.82) is 0 Å². The Hall–Kier alpha value is -5.35. The van der Waals surface area contributed by atoms with Crippen LogP contribution in [0.2, 0.25) is 0 Å². The topological polar surface area (TPSA) is 42.8 Å². The van der Waals surface area contributed by atoms with Crippen molar-refractivity contribution in [3.63, 3.8) is 0 Å². The third-order valence-corrected chi connectivity index (χ3v) is 6.83. The van der Waals surface area contributed by atoms with Gasteiger partial charge in [0.05, 0.1) is 11.8 Å². The van der Waals surface area contributed by atoms with Gasteiger partial charge in [0.15, 0.2) is 0 Å². The van der Waals surface area contributed by atoms with E-state index >= 15 is 0 Å². The first-order chi connectivity index (χ1) is 21.8. The zero-order valence-electron chi connectivity index (χ0n) is 24.3. The van der Waals surface area contributed by atoms with Crippen molar-refractivity contribution in [2.75, 3.05) is 0 Å². The molecular formula is C40H28IrN3O-3. The van der Waals surface area contributed by atoms with E-state index in [1.165, 1.54) is 0 Å². The molecule has 0 aliphatic heterocycles. The van der Waals surface area contributed by atoms with Gasteiger partial charge in [-0.3, -0.25) is 0 Å². The smallest absolute Gasteiger partial charge is 0.123 e. The van der Waals surface area contributed by atoms with E-state index in [9.17, 15) is 0 Å². The van der Waals surface area contributed by atoms with Crippen LogP contribution in [-0.4, -0.2) is 9.97 Å². The summed E-state index contributed by atoms with van der Waals surface area (Å²) in [5.74, 6) is 0. The van der Waals surface area contributed by atoms with Crippen molar-refractivity contribution in [2.45, 2.75) is 0 Å². The van der Waals surface area contributed by atoms with Crippen LogP contribution in [0.4, 0.5) is 0 Å². The first kappa shape index (κ1) is 31.1. The maximum Gasteiger partial charge on any atom is 0.123 e. The van der Waals surface area contributed by atoms with Crippen molar-refractivity contribution in [2.24, 2.45) is 0 Å². The van der Waals surface area contributed by atoms with Crippen LogP contribution < -0.4 is 4.57 Å². The Kier molecular flexibility index (Phi) is 10.6.